The average Bonchev–Trinajstić information content (AvgIpc) is 2.89. The Labute approximate surface area is 118 Å². The van der Waals surface area contributed by atoms with Crippen molar-refractivity contribution in [1.29, 1.82) is 0 Å². The lowest BCUT2D eigenvalue weighted by Gasteiger charge is -2.32. The van der Waals surface area contributed by atoms with Gasteiger partial charge in [-0.25, -0.2) is 4.79 Å². The monoisotopic (exact) mass is 279 g/mol. The van der Waals surface area contributed by atoms with Crippen LogP contribution in [0.1, 0.15) is 45.5 Å². The van der Waals surface area contributed by atoms with Crippen LogP contribution in [0, 0.1) is 0 Å². The van der Waals surface area contributed by atoms with Crippen molar-refractivity contribution in [2.24, 2.45) is 0 Å². The lowest BCUT2D eigenvalue weighted by Crippen LogP contribution is -2.39. The molecule has 0 aromatic carbocycles. The summed E-state index contributed by atoms with van der Waals surface area (Å²) < 4.78 is 10.6. The Morgan fingerprint density at radius 1 is 1.50 bits per heavy atom. The standard InChI is InChI=1S/C15H21NO4/c1-15(2,3)20-14(18)16-9-5-4-7-11(16)13(17)12-8-6-10-19-12/h6-8,10,13,17H,4-5,9H2,1-3H3. The van der Waals surface area contributed by atoms with Gasteiger partial charge in [0.05, 0.1) is 12.0 Å². The minimum absolute atomic E-state index is 0.423. The van der Waals surface area contributed by atoms with E-state index in [2.05, 4.69) is 0 Å². The summed E-state index contributed by atoms with van der Waals surface area (Å²) in [7, 11) is 0. The number of hydrogen-bond donors (Lipinski definition) is 1. The molecule has 5 nitrogen and oxygen atoms in total. The predicted octanol–water partition coefficient (Wildman–Crippen LogP) is 3.23. The molecular weight excluding hydrogens is 258 g/mol. The second-order valence-corrected chi connectivity index (χ2v) is 5.82. The highest BCUT2D eigenvalue weighted by atomic mass is 16.6. The second-order valence-electron chi connectivity index (χ2n) is 5.82. The van der Waals surface area contributed by atoms with Crippen molar-refractivity contribution >= 4 is 6.09 Å². The zero-order valence-electron chi connectivity index (χ0n) is 12.1. The molecule has 0 aliphatic carbocycles. The van der Waals surface area contributed by atoms with Crippen LogP contribution < -0.4 is 0 Å². The first kappa shape index (κ1) is 14.7. The van der Waals surface area contributed by atoms with Crippen LogP contribution >= 0.6 is 0 Å². The summed E-state index contributed by atoms with van der Waals surface area (Å²) in [5.74, 6) is 0.423. The third-order valence-corrected chi connectivity index (χ3v) is 2.96. The van der Waals surface area contributed by atoms with Crippen molar-refractivity contribution in [3.8, 4) is 0 Å². The van der Waals surface area contributed by atoms with Gasteiger partial charge in [0.15, 0.2) is 6.10 Å². The molecule has 0 spiro atoms. The minimum atomic E-state index is -0.946. The fraction of sp³-hybridized carbons (Fsp3) is 0.533. The van der Waals surface area contributed by atoms with E-state index in [0.29, 0.717) is 18.0 Å². The van der Waals surface area contributed by atoms with Gasteiger partial charge >= 0.3 is 6.09 Å². The lowest BCUT2D eigenvalue weighted by atomic mass is 10.1. The Morgan fingerprint density at radius 3 is 2.85 bits per heavy atom. The molecule has 0 radical (unpaired) electrons. The molecule has 110 valence electrons. The SMILES string of the molecule is CC(C)(C)OC(=O)N1CCCC=C1C(O)c1ccco1. The Hall–Kier alpha value is -1.75. The van der Waals surface area contributed by atoms with Gasteiger partial charge in [0, 0.05) is 6.54 Å². The number of amides is 1. The van der Waals surface area contributed by atoms with Crippen LogP contribution in [-0.2, 0) is 4.74 Å². The predicted molar refractivity (Wildman–Crippen MR) is 73.9 cm³/mol. The molecule has 1 atom stereocenters. The van der Waals surface area contributed by atoms with E-state index >= 15 is 0 Å². The van der Waals surface area contributed by atoms with E-state index in [1.807, 2.05) is 26.8 Å². The van der Waals surface area contributed by atoms with Gasteiger partial charge < -0.3 is 14.3 Å². The first-order valence-corrected chi connectivity index (χ1v) is 6.80. The molecule has 0 bridgehead atoms. The lowest BCUT2D eigenvalue weighted by molar-refractivity contribution is 0.0231. The van der Waals surface area contributed by atoms with Gasteiger partial charge in [0.25, 0.3) is 0 Å². The first-order valence-electron chi connectivity index (χ1n) is 6.80. The van der Waals surface area contributed by atoms with Crippen LogP contribution in [0.25, 0.3) is 0 Å². The van der Waals surface area contributed by atoms with Crippen LogP contribution in [0.5, 0.6) is 0 Å². The number of ether oxygens (including phenoxy) is 1. The summed E-state index contributed by atoms with van der Waals surface area (Å²) in [5, 5.41) is 10.3. The third kappa shape index (κ3) is 3.42. The van der Waals surface area contributed by atoms with E-state index < -0.39 is 17.8 Å². The van der Waals surface area contributed by atoms with Crippen LogP contribution in [-0.4, -0.2) is 28.2 Å². The fourth-order valence-corrected chi connectivity index (χ4v) is 2.10. The van der Waals surface area contributed by atoms with Gasteiger partial charge in [-0.05, 0) is 45.7 Å². The number of hydrogen-bond acceptors (Lipinski definition) is 4. The van der Waals surface area contributed by atoms with Crippen LogP contribution in [0.4, 0.5) is 4.79 Å². The number of allylic oxidation sites excluding steroid dienone is 1. The highest BCUT2D eigenvalue weighted by Crippen LogP contribution is 2.29. The highest BCUT2D eigenvalue weighted by Gasteiger charge is 2.31. The van der Waals surface area contributed by atoms with Crippen LogP contribution in [0.15, 0.2) is 34.6 Å². The maximum absolute atomic E-state index is 12.2. The van der Waals surface area contributed by atoms with E-state index in [0.717, 1.165) is 12.8 Å². The number of aliphatic hydroxyl groups is 1. The Bertz CT molecular complexity index is 484. The maximum Gasteiger partial charge on any atom is 0.414 e. The molecule has 2 rings (SSSR count). The molecule has 0 saturated carbocycles. The zero-order chi connectivity index (χ0) is 14.8. The molecule has 1 N–H and O–H groups in total. The van der Waals surface area contributed by atoms with Crippen molar-refractivity contribution < 1.29 is 19.1 Å². The number of carbonyl (C=O) groups is 1. The van der Waals surface area contributed by atoms with E-state index in [1.165, 1.54) is 11.2 Å². The Kier molecular flexibility index (Phi) is 4.18. The summed E-state index contributed by atoms with van der Waals surface area (Å²) in [6, 6.07) is 3.40. The van der Waals surface area contributed by atoms with Crippen molar-refractivity contribution in [3.05, 3.63) is 35.9 Å². The largest absolute Gasteiger partial charge is 0.466 e. The van der Waals surface area contributed by atoms with Gasteiger partial charge in [-0.15, -0.1) is 0 Å². The maximum atomic E-state index is 12.2. The molecule has 1 aromatic rings. The Morgan fingerprint density at radius 2 is 2.25 bits per heavy atom. The summed E-state index contributed by atoms with van der Waals surface area (Å²) in [6.45, 7) is 6.00. The first-order chi connectivity index (χ1) is 9.38. The van der Waals surface area contributed by atoms with Crippen molar-refractivity contribution in [2.45, 2.75) is 45.3 Å². The van der Waals surface area contributed by atoms with Crippen LogP contribution in [0.3, 0.4) is 0 Å². The number of nitrogens with zero attached hydrogens (tertiary/aromatic N) is 1. The van der Waals surface area contributed by atoms with Gasteiger partial charge in [-0.3, -0.25) is 4.90 Å². The number of aliphatic hydroxyl groups excluding tert-OH is 1. The van der Waals surface area contributed by atoms with Gasteiger partial charge in [-0.1, -0.05) is 6.08 Å². The smallest absolute Gasteiger partial charge is 0.414 e. The van der Waals surface area contributed by atoms with E-state index in [-0.39, 0.29) is 0 Å². The molecule has 20 heavy (non-hydrogen) atoms. The van der Waals surface area contributed by atoms with Gasteiger partial charge in [0.2, 0.25) is 0 Å². The molecule has 2 heterocycles. The van der Waals surface area contributed by atoms with Gasteiger partial charge in [0.1, 0.15) is 11.4 Å². The molecule has 1 aliphatic heterocycles. The molecule has 1 aliphatic rings. The van der Waals surface area contributed by atoms with E-state index in [4.69, 9.17) is 9.15 Å². The average molecular weight is 279 g/mol. The third-order valence-electron chi connectivity index (χ3n) is 2.96. The molecule has 0 fully saturated rings. The van der Waals surface area contributed by atoms with Crippen LogP contribution in [0.2, 0.25) is 0 Å². The number of carbonyl (C=O) groups excluding carboxylic acids is 1. The summed E-state index contributed by atoms with van der Waals surface area (Å²) in [5.41, 5.74) is -0.0320. The Balaban J connectivity index is 2.17. The summed E-state index contributed by atoms with van der Waals surface area (Å²) >= 11 is 0. The fourth-order valence-electron chi connectivity index (χ4n) is 2.10. The molecular formula is C15H21NO4. The summed E-state index contributed by atoms with van der Waals surface area (Å²) in [4.78, 5) is 13.7. The van der Waals surface area contributed by atoms with E-state index in [1.54, 1.807) is 12.1 Å². The molecule has 0 saturated heterocycles. The van der Waals surface area contributed by atoms with Gasteiger partial charge in [-0.2, -0.15) is 0 Å². The van der Waals surface area contributed by atoms with E-state index in [9.17, 15) is 9.90 Å². The molecule has 1 amide bonds. The molecule has 5 heteroatoms. The highest BCUT2D eigenvalue weighted by molar-refractivity contribution is 5.71. The van der Waals surface area contributed by atoms with Crippen molar-refractivity contribution in [3.63, 3.8) is 0 Å². The van der Waals surface area contributed by atoms with Crippen molar-refractivity contribution in [2.75, 3.05) is 6.54 Å². The topological polar surface area (TPSA) is 62.9 Å². The minimum Gasteiger partial charge on any atom is -0.466 e. The zero-order valence-corrected chi connectivity index (χ0v) is 12.1. The summed E-state index contributed by atoms with van der Waals surface area (Å²) in [6.07, 6.45) is 3.66. The van der Waals surface area contributed by atoms with Crippen molar-refractivity contribution in [1.82, 2.24) is 4.90 Å². The number of furan rings is 1. The number of rotatable bonds is 2. The normalized spacial score (nSPS) is 17.6. The second kappa shape index (κ2) is 5.71. The molecule has 1 aromatic heterocycles. The molecule has 1 unspecified atom stereocenters. The quantitative estimate of drug-likeness (QED) is 0.902.